The largest absolute Gasteiger partial charge is 0.313 e. The lowest BCUT2D eigenvalue weighted by Gasteiger charge is -2.36. The summed E-state index contributed by atoms with van der Waals surface area (Å²) in [4.78, 5) is 14.5. The second kappa shape index (κ2) is 8.26. The molecule has 2 fully saturated rings. The molecule has 2 aromatic heterocycles. The third-order valence-corrected chi connectivity index (χ3v) is 7.56. The predicted octanol–water partition coefficient (Wildman–Crippen LogP) is 3.15. The lowest BCUT2D eigenvalue weighted by Crippen LogP contribution is -2.46. The van der Waals surface area contributed by atoms with E-state index in [0.717, 1.165) is 48.4 Å². The van der Waals surface area contributed by atoms with E-state index in [2.05, 4.69) is 21.8 Å². The number of hydrogen-bond donors (Lipinski definition) is 1. The van der Waals surface area contributed by atoms with E-state index >= 15 is 0 Å². The third kappa shape index (κ3) is 4.46. The number of nitrogens with one attached hydrogen (secondary N) is 1. The molecular weight excluding hydrogens is 434 g/mol. The molecule has 1 aliphatic heterocycles. The lowest BCUT2D eigenvalue weighted by molar-refractivity contribution is 0.118. The normalized spacial score (nSPS) is 18.0. The summed E-state index contributed by atoms with van der Waals surface area (Å²) in [5.41, 5.74) is 3.30. The van der Waals surface area contributed by atoms with Gasteiger partial charge in [0.2, 0.25) is 0 Å². The molecule has 31 heavy (non-hydrogen) atoms. The van der Waals surface area contributed by atoms with Crippen molar-refractivity contribution in [2.45, 2.75) is 24.6 Å². The molecule has 1 atom stereocenters. The first-order valence-corrected chi connectivity index (χ1v) is 12.0. The Morgan fingerprint density at radius 3 is 2.71 bits per heavy atom. The molecule has 7 nitrogen and oxygen atoms in total. The molecule has 0 amide bonds. The smallest absolute Gasteiger partial charge is 0.250 e. The molecule has 2 aliphatic rings. The predicted molar refractivity (Wildman–Crippen MR) is 124 cm³/mol. The summed E-state index contributed by atoms with van der Waals surface area (Å²) in [5.74, 6) is 0.506. The van der Waals surface area contributed by atoms with E-state index in [1.165, 1.54) is 0 Å². The minimum atomic E-state index is -1.05. The maximum absolute atomic E-state index is 12.3. The average molecular weight is 458 g/mol. The van der Waals surface area contributed by atoms with Gasteiger partial charge in [-0.3, -0.25) is 4.79 Å². The van der Waals surface area contributed by atoms with Gasteiger partial charge in [0, 0.05) is 60.8 Å². The molecule has 1 aromatic carbocycles. The maximum Gasteiger partial charge on any atom is 0.250 e. The third-order valence-electron chi connectivity index (χ3n) is 5.74. The summed E-state index contributed by atoms with van der Waals surface area (Å²) in [6.07, 6.45) is 7.54. The minimum Gasteiger partial charge on any atom is -0.313 e. The van der Waals surface area contributed by atoms with Crippen molar-refractivity contribution in [3.8, 4) is 16.8 Å². The van der Waals surface area contributed by atoms with E-state index in [1.54, 1.807) is 33.6 Å². The van der Waals surface area contributed by atoms with Crippen LogP contribution in [0.1, 0.15) is 12.8 Å². The quantitative estimate of drug-likeness (QED) is 0.591. The van der Waals surface area contributed by atoms with Gasteiger partial charge in [-0.05, 0) is 38.1 Å². The van der Waals surface area contributed by atoms with Gasteiger partial charge in [-0.1, -0.05) is 17.7 Å². The highest BCUT2D eigenvalue weighted by molar-refractivity contribution is 7.87. The second-order valence-electron chi connectivity index (χ2n) is 8.43. The van der Waals surface area contributed by atoms with Crippen molar-refractivity contribution in [3.05, 3.63) is 64.3 Å². The van der Waals surface area contributed by atoms with Gasteiger partial charge < -0.3 is 14.2 Å². The minimum absolute atomic E-state index is 0.000371. The lowest BCUT2D eigenvalue weighted by atomic mass is 10.0. The Morgan fingerprint density at radius 1 is 1.19 bits per heavy atom. The van der Waals surface area contributed by atoms with E-state index in [9.17, 15) is 9.00 Å². The summed E-state index contributed by atoms with van der Waals surface area (Å²) in [7, 11) is 1.03. The Kier molecular flexibility index (Phi) is 5.45. The molecule has 3 aromatic rings. The Morgan fingerprint density at radius 2 is 2.00 bits per heavy atom. The van der Waals surface area contributed by atoms with Crippen LogP contribution < -0.4 is 10.3 Å². The van der Waals surface area contributed by atoms with Crippen LogP contribution in [0.2, 0.25) is 5.02 Å². The zero-order valence-corrected chi connectivity index (χ0v) is 18.8. The van der Waals surface area contributed by atoms with E-state index in [-0.39, 0.29) is 10.8 Å². The standard InChI is InChI=1S/C22H24ClN5O2S/c1-26-10-15(11-26)12-27-14-18(3-7-22(27)29)28-13-16(9-24-28)20-6-2-17(8-21(20)23)25-31(30)19-4-5-19/h2-3,6-9,13-15,19,25H,4-5,10-12H2,1H3. The molecular formula is C22H24ClN5O2S. The highest BCUT2D eigenvalue weighted by atomic mass is 35.5. The number of halogens is 1. The van der Waals surface area contributed by atoms with Crippen LogP contribution in [-0.4, -0.2) is 48.8 Å². The molecule has 1 aliphatic carbocycles. The number of pyridine rings is 1. The number of rotatable bonds is 7. The Hall–Kier alpha value is -2.42. The van der Waals surface area contributed by atoms with Gasteiger partial charge in [0.25, 0.3) is 5.56 Å². The van der Waals surface area contributed by atoms with Crippen LogP contribution >= 0.6 is 11.6 Å². The summed E-state index contributed by atoms with van der Waals surface area (Å²) in [5, 5.41) is 5.29. The molecule has 0 spiro atoms. The van der Waals surface area contributed by atoms with E-state index in [4.69, 9.17) is 11.6 Å². The molecule has 162 valence electrons. The highest BCUT2D eigenvalue weighted by Crippen LogP contribution is 2.32. The van der Waals surface area contributed by atoms with Gasteiger partial charge in [-0.15, -0.1) is 0 Å². The average Bonchev–Trinajstić information content (AvgIpc) is 3.46. The van der Waals surface area contributed by atoms with Crippen molar-refractivity contribution in [1.29, 1.82) is 0 Å². The topological polar surface area (TPSA) is 72.2 Å². The van der Waals surface area contributed by atoms with Gasteiger partial charge >= 0.3 is 0 Å². The van der Waals surface area contributed by atoms with Crippen molar-refractivity contribution >= 4 is 28.3 Å². The van der Waals surface area contributed by atoms with Gasteiger partial charge in [-0.25, -0.2) is 8.89 Å². The summed E-state index contributed by atoms with van der Waals surface area (Å²) in [6, 6.07) is 8.96. The summed E-state index contributed by atoms with van der Waals surface area (Å²) >= 11 is 6.51. The monoisotopic (exact) mass is 457 g/mol. The highest BCUT2D eigenvalue weighted by Gasteiger charge is 2.28. The second-order valence-corrected chi connectivity index (χ2v) is 10.3. The molecule has 0 bridgehead atoms. The zero-order chi connectivity index (χ0) is 21.5. The fourth-order valence-electron chi connectivity index (χ4n) is 3.92. The number of anilines is 1. The van der Waals surface area contributed by atoms with Crippen LogP contribution in [0.4, 0.5) is 5.69 Å². The fourth-order valence-corrected chi connectivity index (χ4v) is 5.30. The number of hydrogen-bond acceptors (Lipinski definition) is 4. The van der Waals surface area contributed by atoms with Gasteiger partial charge in [0.15, 0.2) is 0 Å². The molecule has 9 heteroatoms. The first-order chi connectivity index (χ1) is 15.0. The number of likely N-dealkylation sites (tertiary alicyclic amines) is 1. The van der Waals surface area contributed by atoms with E-state index < -0.39 is 11.0 Å². The van der Waals surface area contributed by atoms with Gasteiger partial charge in [-0.2, -0.15) is 5.10 Å². The number of nitrogens with zero attached hydrogens (tertiary/aromatic N) is 4. The molecule has 1 unspecified atom stereocenters. The maximum atomic E-state index is 12.3. The van der Waals surface area contributed by atoms with Crippen LogP contribution in [-0.2, 0) is 17.5 Å². The Bertz CT molecular complexity index is 1200. The Labute approximate surface area is 188 Å². The molecule has 1 saturated heterocycles. The van der Waals surface area contributed by atoms with Crippen molar-refractivity contribution in [2.75, 3.05) is 24.9 Å². The van der Waals surface area contributed by atoms with Crippen molar-refractivity contribution < 1.29 is 4.21 Å². The van der Waals surface area contributed by atoms with Crippen molar-refractivity contribution in [2.24, 2.45) is 5.92 Å². The van der Waals surface area contributed by atoms with E-state index in [0.29, 0.717) is 17.5 Å². The van der Waals surface area contributed by atoms with Gasteiger partial charge in [0.05, 0.1) is 22.2 Å². The van der Waals surface area contributed by atoms with Crippen molar-refractivity contribution in [1.82, 2.24) is 19.2 Å². The fraction of sp³-hybridized carbons (Fsp3) is 0.364. The first kappa shape index (κ1) is 20.5. The van der Waals surface area contributed by atoms with Crippen LogP contribution in [0.5, 0.6) is 0 Å². The number of benzene rings is 1. The van der Waals surface area contributed by atoms with Crippen LogP contribution in [0.3, 0.4) is 0 Å². The van der Waals surface area contributed by atoms with Crippen LogP contribution in [0.15, 0.2) is 53.7 Å². The SMILES string of the molecule is CN1CC(Cn2cc(-n3cc(-c4ccc(NS(=O)C5CC5)cc4Cl)cn3)ccc2=O)C1. The van der Waals surface area contributed by atoms with Crippen molar-refractivity contribution in [3.63, 3.8) is 0 Å². The van der Waals surface area contributed by atoms with Crippen LogP contribution in [0.25, 0.3) is 16.8 Å². The molecule has 1 N–H and O–H groups in total. The summed E-state index contributed by atoms with van der Waals surface area (Å²) < 4.78 is 18.6. The molecule has 3 heterocycles. The van der Waals surface area contributed by atoms with Crippen LogP contribution in [0, 0.1) is 5.92 Å². The number of aromatic nitrogens is 3. The molecule has 1 saturated carbocycles. The molecule has 5 rings (SSSR count). The molecule has 0 radical (unpaired) electrons. The Balaban J connectivity index is 1.35. The zero-order valence-electron chi connectivity index (χ0n) is 17.2. The van der Waals surface area contributed by atoms with E-state index in [1.807, 2.05) is 24.5 Å². The summed E-state index contributed by atoms with van der Waals surface area (Å²) in [6.45, 7) is 2.74. The first-order valence-electron chi connectivity index (χ1n) is 10.4. The van der Waals surface area contributed by atoms with Gasteiger partial charge in [0.1, 0.15) is 11.0 Å².